The minimum absolute atomic E-state index is 0.0769. The van der Waals surface area contributed by atoms with Gasteiger partial charge in [0, 0.05) is 18.7 Å². The van der Waals surface area contributed by atoms with Crippen LogP contribution in [-0.4, -0.2) is 30.6 Å². The highest BCUT2D eigenvalue weighted by Crippen LogP contribution is 2.34. The summed E-state index contributed by atoms with van der Waals surface area (Å²) in [6, 6.07) is 13.5. The largest absolute Gasteiger partial charge is 0.490 e. The zero-order chi connectivity index (χ0) is 16.9. The monoisotopic (exact) mass is 325 g/mol. The van der Waals surface area contributed by atoms with E-state index in [4.69, 9.17) is 9.47 Å². The van der Waals surface area contributed by atoms with E-state index in [1.54, 1.807) is 0 Å². The van der Waals surface area contributed by atoms with Gasteiger partial charge in [-0.2, -0.15) is 0 Å². The molecule has 1 heterocycles. The normalized spacial score (nSPS) is 13.3. The van der Waals surface area contributed by atoms with E-state index in [0.717, 1.165) is 35.6 Å². The molecular formula is C20H23NO3. The summed E-state index contributed by atoms with van der Waals surface area (Å²) in [5, 5.41) is 0. The molecule has 0 saturated carbocycles. The molecule has 0 aromatic heterocycles. The predicted molar refractivity (Wildman–Crippen MR) is 93.7 cm³/mol. The Balaban J connectivity index is 1.84. The lowest BCUT2D eigenvalue weighted by molar-refractivity contribution is 0.0734. The van der Waals surface area contributed by atoms with E-state index in [9.17, 15) is 4.79 Å². The first-order valence-electron chi connectivity index (χ1n) is 8.48. The summed E-state index contributed by atoms with van der Waals surface area (Å²) in [5.74, 6) is 1.63. The van der Waals surface area contributed by atoms with Gasteiger partial charge in [0.1, 0.15) is 0 Å². The van der Waals surface area contributed by atoms with Crippen molar-refractivity contribution in [1.29, 1.82) is 0 Å². The zero-order valence-corrected chi connectivity index (χ0v) is 14.2. The molecule has 0 N–H and O–H groups in total. The number of amides is 1. The number of rotatable bonds is 5. The molecule has 0 aliphatic carbocycles. The molecule has 4 nitrogen and oxygen atoms in total. The van der Waals surface area contributed by atoms with Gasteiger partial charge in [-0.05, 0) is 55.7 Å². The van der Waals surface area contributed by atoms with Gasteiger partial charge in [-0.15, -0.1) is 0 Å². The fourth-order valence-electron chi connectivity index (χ4n) is 3.04. The number of fused-ring (bicyclic) bond motifs is 1. The van der Waals surface area contributed by atoms with Gasteiger partial charge in [0.25, 0.3) is 5.91 Å². The lowest BCUT2D eigenvalue weighted by atomic mass is 9.98. The van der Waals surface area contributed by atoms with Gasteiger partial charge in [0.15, 0.2) is 11.5 Å². The smallest absolute Gasteiger partial charge is 0.254 e. The number of benzene rings is 2. The van der Waals surface area contributed by atoms with Gasteiger partial charge in [0.05, 0.1) is 13.2 Å². The molecule has 0 bridgehead atoms. The van der Waals surface area contributed by atoms with Crippen LogP contribution in [-0.2, 0) is 13.0 Å². The van der Waals surface area contributed by atoms with Crippen LogP contribution in [0.25, 0.3) is 0 Å². The lowest BCUT2D eigenvalue weighted by Gasteiger charge is -2.30. The van der Waals surface area contributed by atoms with Crippen molar-refractivity contribution >= 4 is 5.91 Å². The summed E-state index contributed by atoms with van der Waals surface area (Å²) < 4.78 is 11.4. The summed E-state index contributed by atoms with van der Waals surface area (Å²) >= 11 is 0. The van der Waals surface area contributed by atoms with E-state index in [1.807, 2.05) is 55.1 Å². The minimum Gasteiger partial charge on any atom is -0.490 e. The summed E-state index contributed by atoms with van der Waals surface area (Å²) in [6.07, 6.45) is 0.834. The molecule has 0 radical (unpaired) electrons. The highest BCUT2D eigenvalue weighted by atomic mass is 16.5. The molecule has 1 amide bonds. The zero-order valence-electron chi connectivity index (χ0n) is 14.2. The summed E-state index contributed by atoms with van der Waals surface area (Å²) in [4.78, 5) is 14.6. The molecule has 2 aromatic carbocycles. The Labute approximate surface area is 143 Å². The second kappa shape index (κ2) is 7.39. The SMILES string of the molecule is CCOc1cc2c(cc1OCC)CN(C(=O)c1ccccc1)CC2. The third-order valence-electron chi connectivity index (χ3n) is 4.19. The van der Waals surface area contributed by atoms with Gasteiger partial charge in [-0.3, -0.25) is 4.79 Å². The molecule has 3 rings (SSSR count). The Morgan fingerprint density at radius 3 is 2.25 bits per heavy atom. The maximum absolute atomic E-state index is 12.7. The van der Waals surface area contributed by atoms with Crippen LogP contribution in [0.15, 0.2) is 42.5 Å². The van der Waals surface area contributed by atoms with Crippen LogP contribution in [0.2, 0.25) is 0 Å². The molecule has 2 aromatic rings. The van der Waals surface area contributed by atoms with E-state index < -0.39 is 0 Å². The standard InChI is InChI=1S/C20H23NO3/c1-3-23-18-12-16-10-11-21(14-17(16)13-19(18)24-4-2)20(22)15-8-6-5-7-9-15/h5-9,12-13H,3-4,10-11,14H2,1-2H3. The summed E-state index contributed by atoms with van der Waals surface area (Å²) in [6.45, 7) is 6.45. The fourth-order valence-corrected chi connectivity index (χ4v) is 3.04. The van der Waals surface area contributed by atoms with Crippen LogP contribution in [0.4, 0.5) is 0 Å². The first kappa shape index (κ1) is 16.4. The summed E-state index contributed by atoms with van der Waals surface area (Å²) in [5.41, 5.74) is 3.10. The van der Waals surface area contributed by atoms with Crippen molar-refractivity contribution in [2.75, 3.05) is 19.8 Å². The van der Waals surface area contributed by atoms with E-state index in [2.05, 4.69) is 6.07 Å². The Kier molecular flexibility index (Phi) is 5.04. The summed E-state index contributed by atoms with van der Waals surface area (Å²) in [7, 11) is 0. The number of carbonyl (C=O) groups is 1. The molecule has 0 fully saturated rings. The van der Waals surface area contributed by atoms with Crippen molar-refractivity contribution in [1.82, 2.24) is 4.90 Å². The second-order valence-electron chi connectivity index (χ2n) is 5.78. The van der Waals surface area contributed by atoms with E-state index in [0.29, 0.717) is 19.8 Å². The van der Waals surface area contributed by atoms with Gasteiger partial charge in [0.2, 0.25) is 0 Å². The molecule has 24 heavy (non-hydrogen) atoms. The van der Waals surface area contributed by atoms with E-state index in [1.165, 1.54) is 5.56 Å². The molecule has 0 unspecified atom stereocenters. The number of hydrogen-bond acceptors (Lipinski definition) is 3. The molecule has 1 aliphatic rings. The van der Waals surface area contributed by atoms with Crippen LogP contribution < -0.4 is 9.47 Å². The lowest BCUT2D eigenvalue weighted by Crippen LogP contribution is -2.36. The minimum atomic E-state index is 0.0769. The molecule has 4 heteroatoms. The Morgan fingerprint density at radius 2 is 1.62 bits per heavy atom. The highest BCUT2D eigenvalue weighted by Gasteiger charge is 2.23. The molecular weight excluding hydrogens is 302 g/mol. The van der Waals surface area contributed by atoms with Gasteiger partial charge in [-0.25, -0.2) is 0 Å². The molecule has 0 saturated heterocycles. The quantitative estimate of drug-likeness (QED) is 0.842. The van der Waals surface area contributed by atoms with Crippen LogP contribution in [0, 0.1) is 0 Å². The Morgan fingerprint density at radius 1 is 1.00 bits per heavy atom. The van der Waals surface area contributed by atoms with E-state index in [-0.39, 0.29) is 5.91 Å². The molecule has 0 spiro atoms. The number of hydrogen-bond donors (Lipinski definition) is 0. The van der Waals surface area contributed by atoms with Gasteiger partial charge >= 0.3 is 0 Å². The fraction of sp³-hybridized carbons (Fsp3) is 0.350. The number of nitrogens with zero attached hydrogens (tertiary/aromatic N) is 1. The first-order valence-corrected chi connectivity index (χ1v) is 8.48. The average Bonchev–Trinajstić information content (AvgIpc) is 2.62. The maximum Gasteiger partial charge on any atom is 0.254 e. The topological polar surface area (TPSA) is 38.8 Å². The molecule has 0 atom stereocenters. The van der Waals surface area contributed by atoms with Crippen molar-refractivity contribution in [3.8, 4) is 11.5 Å². The number of ether oxygens (including phenoxy) is 2. The van der Waals surface area contributed by atoms with E-state index >= 15 is 0 Å². The molecule has 1 aliphatic heterocycles. The third-order valence-corrected chi connectivity index (χ3v) is 4.19. The predicted octanol–water partition coefficient (Wildman–Crippen LogP) is 3.68. The van der Waals surface area contributed by atoms with Crippen molar-refractivity contribution in [3.63, 3.8) is 0 Å². The van der Waals surface area contributed by atoms with Crippen molar-refractivity contribution in [2.24, 2.45) is 0 Å². The highest BCUT2D eigenvalue weighted by molar-refractivity contribution is 5.94. The molecule has 126 valence electrons. The van der Waals surface area contributed by atoms with Crippen LogP contribution in [0.1, 0.15) is 35.3 Å². The second-order valence-corrected chi connectivity index (χ2v) is 5.78. The third kappa shape index (κ3) is 3.37. The Hall–Kier alpha value is -2.49. The van der Waals surface area contributed by atoms with Crippen molar-refractivity contribution in [3.05, 3.63) is 59.2 Å². The van der Waals surface area contributed by atoms with Gasteiger partial charge < -0.3 is 14.4 Å². The van der Waals surface area contributed by atoms with Crippen LogP contribution in [0.3, 0.4) is 0 Å². The van der Waals surface area contributed by atoms with Crippen LogP contribution >= 0.6 is 0 Å². The van der Waals surface area contributed by atoms with Gasteiger partial charge in [-0.1, -0.05) is 18.2 Å². The average molecular weight is 325 g/mol. The first-order chi connectivity index (χ1) is 11.7. The Bertz CT molecular complexity index is 712. The number of carbonyl (C=O) groups excluding carboxylic acids is 1. The van der Waals surface area contributed by atoms with Crippen molar-refractivity contribution in [2.45, 2.75) is 26.8 Å². The maximum atomic E-state index is 12.7. The van der Waals surface area contributed by atoms with Crippen molar-refractivity contribution < 1.29 is 14.3 Å². The van der Waals surface area contributed by atoms with Crippen LogP contribution in [0.5, 0.6) is 11.5 Å².